The zero-order chi connectivity index (χ0) is 20.7. The van der Waals surface area contributed by atoms with E-state index in [9.17, 15) is 22.8 Å². The van der Waals surface area contributed by atoms with E-state index in [1.54, 1.807) is 12.1 Å². The lowest BCUT2D eigenvalue weighted by Crippen LogP contribution is -2.35. The van der Waals surface area contributed by atoms with E-state index in [1.165, 1.54) is 24.0 Å². The predicted molar refractivity (Wildman–Crippen MR) is 97.2 cm³/mol. The predicted octanol–water partition coefficient (Wildman–Crippen LogP) is 5.10. The molecule has 0 saturated carbocycles. The molecule has 28 heavy (non-hydrogen) atoms. The number of amides is 2. The van der Waals surface area contributed by atoms with E-state index < -0.39 is 11.8 Å². The van der Waals surface area contributed by atoms with Gasteiger partial charge in [-0.2, -0.15) is 0 Å². The topological polar surface area (TPSA) is 46.6 Å². The number of hydrogen-bond acceptors (Lipinski definition) is 3. The number of alkyl halides is 3. The van der Waals surface area contributed by atoms with Crippen LogP contribution in [0.5, 0.6) is 5.75 Å². The highest BCUT2D eigenvalue weighted by molar-refractivity contribution is 5.99. The molecule has 1 heterocycles. The van der Waals surface area contributed by atoms with Crippen molar-refractivity contribution < 1.29 is 27.5 Å². The summed E-state index contributed by atoms with van der Waals surface area (Å²) >= 11 is 0. The monoisotopic (exact) mass is 391 g/mol. The lowest BCUT2D eigenvalue weighted by atomic mass is 9.88. The lowest BCUT2D eigenvalue weighted by Gasteiger charge is -2.22. The maximum absolute atomic E-state index is 12.5. The molecule has 1 aliphatic heterocycles. The number of likely N-dealkylation sites (tertiary alicyclic amines) is 1. The molecule has 0 aliphatic carbocycles. The SMILES string of the molecule is CC(=O)N1C(=O)C(C)(C)CC1c1ccc(-c2ccc(OC(F)(F)F)cc2)cc1. The molecule has 2 aromatic carbocycles. The fourth-order valence-corrected chi connectivity index (χ4v) is 3.51. The lowest BCUT2D eigenvalue weighted by molar-refractivity contribution is -0.274. The molecule has 3 rings (SSSR count). The second-order valence-electron chi connectivity index (χ2n) is 7.49. The van der Waals surface area contributed by atoms with Gasteiger partial charge in [0.15, 0.2) is 0 Å². The van der Waals surface area contributed by atoms with Crippen LogP contribution in [0.4, 0.5) is 13.2 Å². The Balaban J connectivity index is 1.82. The first-order valence-corrected chi connectivity index (χ1v) is 8.78. The summed E-state index contributed by atoms with van der Waals surface area (Å²) in [6.07, 6.45) is -4.19. The van der Waals surface area contributed by atoms with Gasteiger partial charge in [0, 0.05) is 12.3 Å². The van der Waals surface area contributed by atoms with Crippen LogP contribution in [0.15, 0.2) is 48.5 Å². The third-order valence-electron chi connectivity index (χ3n) is 4.87. The molecule has 7 heteroatoms. The molecule has 1 saturated heterocycles. The van der Waals surface area contributed by atoms with Gasteiger partial charge in [-0.3, -0.25) is 14.5 Å². The molecule has 0 bridgehead atoms. The highest BCUT2D eigenvalue weighted by Crippen LogP contribution is 2.44. The molecule has 0 spiro atoms. The summed E-state index contributed by atoms with van der Waals surface area (Å²) in [6, 6.07) is 12.6. The van der Waals surface area contributed by atoms with Gasteiger partial charge >= 0.3 is 6.36 Å². The van der Waals surface area contributed by atoms with Gasteiger partial charge in [0.05, 0.1) is 6.04 Å². The largest absolute Gasteiger partial charge is 0.573 e. The molecule has 0 aromatic heterocycles. The van der Waals surface area contributed by atoms with Crippen molar-refractivity contribution in [1.82, 2.24) is 4.90 Å². The first kappa shape index (κ1) is 19.9. The molecule has 1 aliphatic rings. The normalized spacial score (nSPS) is 19.0. The Bertz CT molecular complexity index is 887. The van der Waals surface area contributed by atoms with Crippen molar-refractivity contribution in [3.63, 3.8) is 0 Å². The summed E-state index contributed by atoms with van der Waals surface area (Å²) in [7, 11) is 0. The number of ether oxygens (including phenoxy) is 1. The van der Waals surface area contributed by atoms with Crippen molar-refractivity contribution in [3.05, 3.63) is 54.1 Å². The van der Waals surface area contributed by atoms with Gasteiger partial charge in [0.1, 0.15) is 5.75 Å². The second kappa shape index (κ2) is 6.96. The van der Waals surface area contributed by atoms with Crippen LogP contribution < -0.4 is 4.74 Å². The molecule has 148 valence electrons. The van der Waals surface area contributed by atoms with Crippen LogP contribution in [-0.4, -0.2) is 23.1 Å². The quantitative estimate of drug-likeness (QED) is 0.732. The number of nitrogens with zero attached hydrogens (tertiary/aromatic N) is 1. The van der Waals surface area contributed by atoms with Crippen molar-refractivity contribution in [2.24, 2.45) is 5.41 Å². The molecule has 4 nitrogen and oxygen atoms in total. The molecule has 1 atom stereocenters. The Hall–Kier alpha value is -2.83. The Morgan fingerprint density at radius 3 is 2.00 bits per heavy atom. The van der Waals surface area contributed by atoms with Crippen LogP contribution in [0.1, 0.15) is 38.8 Å². The highest BCUT2D eigenvalue weighted by Gasteiger charge is 2.47. The van der Waals surface area contributed by atoms with E-state index in [4.69, 9.17) is 0 Å². The summed E-state index contributed by atoms with van der Waals surface area (Å²) in [4.78, 5) is 25.7. The van der Waals surface area contributed by atoms with Crippen molar-refractivity contribution in [2.45, 2.75) is 39.6 Å². The average molecular weight is 391 g/mol. The first-order chi connectivity index (χ1) is 13.0. The van der Waals surface area contributed by atoms with E-state index in [1.807, 2.05) is 38.1 Å². The molecular weight excluding hydrogens is 371 g/mol. The number of hydrogen-bond donors (Lipinski definition) is 0. The average Bonchev–Trinajstić information content (AvgIpc) is 2.84. The van der Waals surface area contributed by atoms with Gasteiger partial charge in [-0.15, -0.1) is 13.2 Å². The van der Waals surface area contributed by atoms with Crippen LogP contribution >= 0.6 is 0 Å². The fourth-order valence-electron chi connectivity index (χ4n) is 3.51. The van der Waals surface area contributed by atoms with Gasteiger partial charge in [0.2, 0.25) is 11.8 Å². The van der Waals surface area contributed by atoms with Gasteiger partial charge in [0.25, 0.3) is 0 Å². The summed E-state index contributed by atoms with van der Waals surface area (Å²) < 4.78 is 40.6. The third kappa shape index (κ3) is 4.03. The zero-order valence-electron chi connectivity index (χ0n) is 15.7. The molecule has 1 unspecified atom stereocenters. The number of benzene rings is 2. The van der Waals surface area contributed by atoms with Gasteiger partial charge < -0.3 is 4.74 Å². The van der Waals surface area contributed by atoms with Crippen LogP contribution in [0.3, 0.4) is 0 Å². The maximum atomic E-state index is 12.5. The fraction of sp³-hybridized carbons (Fsp3) is 0.333. The standard InChI is InChI=1S/C21H20F3NO3/c1-13(26)25-18(12-20(2,3)19(25)27)16-6-4-14(5-7-16)15-8-10-17(11-9-15)28-21(22,23)24/h4-11,18H,12H2,1-3H3. The zero-order valence-corrected chi connectivity index (χ0v) is 15.7. The summed E-state index contributed by atoms with van der Waals surface area (Å²) in [5.74, 6) is -0.754. The Morgan fingerprint density at radius 1 is 1.04 bits per heavy atom. The number of halogens is 3. The third-order valence-corrected chi connectivity index (χ3v) is 4.87. The van der Waals surface area contributed by atoms with E-state index in [2.05, 4.69) is 4.74 Å². The molecule has 1 fully saturated rings. The number of imide groups is 1. The van der Waals surface area contributed by atoms with Crippen molar-refractivity contribution in [3.8, 4) is 16.9 Å². The van der Waals surface area contributed by atoms with Gasteiger partial charge in [-0.25, -0.2) is 0 Å². The van der Waals surface area contributed by atoms with Crippen LogP contribution in [0.25, 0.3) is 11.1 Å². The Kier molecular flexibility index (Phi) is 4.95. The molecule has 0 N–H and O–H groups in total. The Morgan fingerprint density at radius 2 is 1.54 bits per heavy atom. The number of rotatable bonds is 3. The molecule has 0 radical (unpaired) electrons. The summed E-state index contributed by atoms with van der Waals surface area (Å²) in [5.41, 5.74) is 1.77. The van der Waals surface area contributed by atoms with Crippen LogP contribution in [-0.2, 0) is 9.59 Å². The van der Waals surface area contributed by atoms with Crippen LogP contribution in [0.2, 0.25) is 0 Å². The minimum absolute atomic E-state index is 0.186. The van der Waals surface area contributed by atoms with Crippen LogP contribution in [0, 0.1) is 5.41 Å². The number of carbonyl (C=O) groups is 2. The first-order valence-electron chi connectivity index (χ1n) is 8.78. The van der Waals surface area contributed by atoms with E-state index >= 15 is 0 Å². The van der Waals surface area contributed by atoms with Crippen molar-refractivity contribution in [2.75, 3.05) is 0 Å². The Labute approximate surface area is 160 Å². The second-order valence-corrected chi connectivity index (χ2v) is 7.49. The summed E-state index contributed by atoms with van der Waals surface area (Å²) in [5, 5.41) is 0. The maximum Gasteiger partial charge on any atom is 0.573 e. The smallest absolute Gasteiger partial charge is 0.406 e. The van der Waals surface area contributed by atoms with E-state index in [0.717, 1.165) is 16.7 Å². The van der Waals surface area contributed by atoms with Crippen molar-refractivity contribution >= 4 is 11.8 Å². The number of carbonyl (C=O) groups excluding carboxylic acids is 2. The minimum atomic E-state index is -4.72. The van der Waals surface area contributed by atoms with E-state index in [-0.39, 0.29) is 23.6 Å². The minimum Gasteiger partial charge on any atom is -0.406 e. The van der Waals surface area contributed by atoms with E-state index in [0.29, 0.717) is 6.42 Å². The molecule has 2 aromatic rings. The molecular formula is C21H20F3NO3. The van der Waals surface area contributed by atoms with Crippen molar-refractivity contribution in [1.29, 1.82) is 0 Å². The molecule has 2 amide bonds. The highest BCUT2D eigenvalue weighted by atomic mass is 19.4. The van der Waals surface area contributed by atoms with Gasteiger partial charge in [-0.05, 0) is 35.2 Å². The summed E-state index contributed by atoms with van der Waals surface area (Å²) in [6.45, 7) is 5.03. The van der Waals surface area contributed by atoms with Gasteiger partial charge in [-0.1, -0.05) is 50.2 Å².